The van der Waals surface area contributed by atoms with Gasteiger partial charge in [-0.3, -0.25) is 4.79 Å². The van der Waals surface area contributed by atoms with Crippen LogP contribution in [0.2, 0.25) is 0 Å². The quantitative estimate of drug-likeness (QED) is 0.880. The van der Waals surface area contributed by atoms with Gasteiger partial charge in [0.2, 0.25) is 0 Å². The van der Waals surface area contributed by atoms with Crippen molar-refractivity contribution in [3.05, 3.63) is 42.2 Å². The van der Waals surface area contributed by atoms with Crippen molar-refractivity contribution in [1.82, 2.24) is 4.98 Å². The summed E-state index contributed by atoms with van der Waals surface area (Å²) in [5.74, 6) is 0.658. The van der Waals surface area contributed by atoms with Crippen molar-refractivity contribution in [3.8, 4) is 11.3 Å². The Morgan fingerprint density at radius 1 is 1.40 bits per heavy atom. The van der Waals surface area contributed by atoms with Crippen LogP contribution < -0.4 is 5.73 Å². The van der Waals surface area contributed by atoms with Crippen molar-refractivity contribution in [2.75, 3.05) is 0 Å². The predicted molar refractivity (Wildman–Crippen MR) is 73.5 cm³/mol. The Hall–Kier alpha value is -2.01. The number of oxazole rings is 1. The van der Waals surface area contributed by atoms with E-state index < -0.39 is 6.04 Å². The molecule has 2 N–H and O–H groups in total. The summed E-state index contributed by atoms with van der Waals surface area (Å²) >= 11 is 0. The Bertz CT molecular complexity index is 578. The molecule has 2 rings (SSSR count). The fourth-order valence-electron chi connectivity index (χ4n) is 1.89. The van der Waals surface area contributed by atoms with Gasteiger partial charge in [-0.2, -0.15) is 0 Å². The van der Waals surface area contributed by atoms with E-state index in [-0.39, 0.29) is 18.0 Å². The number of benzene rings is 1. The maximum absolute atomic E-state index is 12.8. The van der Waals surface area contributed by atoms with Crippen LogP contribution in [0.4, 0.5) is 4.39 Å². The summed E-state index contributed by atoms with van der Waals surface area (Å²) in [6.45, 7) is 1.93. The van der Waals surface area contributed by atoms with Crippen molar-refractivity contribution < 1.29 is 13.6 Å². The fraction of sp³-hybridized carbons (Fsp3) is 0.333. The van der Waals surface area contributed by atoms with Gasteiger partial charge in [-0.05, 0) is 30.7 Å². The fourth-order valence-corrected chi connectivity index (χ4v) is 1.89. The van der Waals surface area contributed by atoms with Gasteiger partial charge in [0.1, 0.15) is 11.6 Å². The first-order valence-corrected chi connectivity index (χ1v) is 6.59. The number of hydrogen-bond donors (Lipinski definition) is 1. The van der Waals surface area contributed by atoms with E-state index >= 15 is 0 Å². The number of nitrogens with zero attached hydrogens (tertiary/aromatic N) is 1. The molecule has 0 bridgehead atoms. The zero-order chi connectivity index (χ0) is 14.5. The molecule has 0 aliphatic rings. The van der Waals surface area contributed by atoms with E-state index in [1.807, 2.05) is 6.92 Å². The van der Waals surface area contributed by atoms with Gasteiger partial charge in [-0.15, -0.1) is 0 Å². The Morgan fingerprint density at radius 2 is 2.10 bits per heavy atom. The lowest BCUT2D eigenvalue weighted by atomic mass is 10.1. The van der Waals surface area contributed by atoms with Crippen molar-refractivity contribution >= 4 is 5.78 Å². The van der Waals surface area contributed by atoms with Crippen LogP contribution in [0.15, 0.2) is 34.9 Å². The van der Waals surface area contributed by atoms with Gasteiger partial charge >= 0.3 is 0 Å². The molecule has 1 aromatic carbocycles. The average Bonchev–Trinajstić information content (AvgIpc) is 2.88. The molecule has 2 aromatic rings. The first kappa shape index (κ1) is 14.4. The minimum atomic E-state index is -0.588. The third-order valence-electron chi connectivity index (χ3n) is 2.99. The Labute approximate surface area is 116 Å². The number of aromatic nitrogens is 1. The lowest BCUT2D eigenvalue weighted by molar-refractivity contribution is -0.120. The molecule has 0 spiro atoms. The third kappa shape index (κ3) is 3.51. The molecule has 4 nitrogen and oxygen atoms in total. The minimum absolute atomic E-state index is 0.00836. The molecule has 0 unspecified atom stereocenters. The summed E-state index contributed by atoms with van der Waals surface area (Å²) in [5, 5.41) is 0. The average molecular weight is 276 g/mol. The van der Waals surface area contributed by atoms with E-state index in [0.29, 0.717) is 18.1 Å². The molecule has 0 aliphatic heterocycles. The summed E-state index contributed by atoms with van der Waals surface area (Å²) < 4.78 is 18.4. The standard InChI is InChI=1S/C15H17FN2O2/c1-2-3-13(19)12(17)8-15-18-9-14(20-15)10-4-6-11(16)7-5-10/h4-7,9,12H,2-3,8,17H2,1H3/t12-/m0/s1. The van der Waals surface area contributed by atoms with Crippen LogP contribution in [-0.4, -0.2) is 16.8 Å². The first-order chi connectivity index (χ1) is 9.60. The van der Waals surface area contributed by atoms with Crippen molar-refractivity contribution in [2.24, 2.45) is 5.73 Å². The number of halogens is 1. The monoisotopic (exact) mass is 276 g/mol. The second-order valence-corrected chi connectivity index (χ2v) is 4.65. The van der Waals surface area contributed by atoms with Gasteiger partial charge in [0, 0.05) is 18.4 Å². The molecule has 0 radical (unpaired) electrons. The smallest absolute Gasteiger partial charge is 0.196 e. The lowest BCUT2D eigenvalue weighted by Gasteiger charge is -2.06. The van der Waals surface area contributed by atoms with E-state index in [1.54, 1.807) is 18.3 Å². The molecular weight excluding hydrogens is 259 g/mol. The van der Waals surface area contributed by atoms with Crippen molar-refractivity contribution in [2.45, 2.75) is 32.2 Å². The largest absolute Gasteiger partial charge is 0.441 e. The van der Waals surface area contributed by atoms with Gasteiger partial charge in [-0.25, -0.2) is 9.37 Å². The lowest BCUT2D eigenvalue weighted by Crippen LogP contribution is -2.32. The van der Waals surface area contributed by atoms with Crippen LogP contribution in [0.1, 0.15) is 25.7 Å². The molecule has 0 amide bonds. The highest BCUT2D eigenvalue weighted by Gasteiger charge is 2.16. The van der Waals surface area contributed by atoms with E-state index in [2.05, 4.69) is 4.98 Å². The molecule has 1 atom stereocenters. The van der Waals surface area contributed by atoms with Gasteiger partial charge in [0.15, 0.2) is 11.7 Å². The maximum atomic E-state index is 12.8. The highest BCUT2D eigenvalue weighted by atomic mass is 19.1. The Balaban J connectivity index is 2.05. The summed E-state index contributed by atoms with van der Waals surface area (Å²) in [6.07, 6.45) is 3.07. The number of hydrogen-bond acceptors (Lipinski definition) is 4. The molecule has 0 aliphatic carbocycles. The number of carbonyl (C=O) groups is 1. The van der Waals surface area contributed by atoms with Gasteiger partial charge in [-0.1, -0.05) is 6.92 Å². The molecule has 0 saturated heterocycles. The van der Waals surface area contributed by atoms with E-state index in [1.165, 1.54) is 12.1 Å². The zero-order valence-electron chi connectivity index (χ0n) is 11.3. The maximum Gasteiger partial charge on any atom is 0.196 e. The Morgan fingerprint density at radius 3 is 2.75 bits per heavy atom. The summed E-state index contributed by atoms with van der Waals surface area (Å²) in [4.78, 5) is 15.7. The number of Topliss-reactive ketones (excluding diaryl/α,β-unsaturated/α-hetero) is 1. The van der Waals surface area contributed by atoms with Crippen molar-refractivity contribution in [1.29, 1.82) is 0 Å². The molecule has 0 saturated carbocycles. The molecule has 1 aromatic heterocycles. The third-order valence-corrected chi connectivity index (χ3v) is 2.99. The molecule has 1 heterocycles. The highest BCUT2D eigenvalue weighted by molar-refractivity contribution is 5.83. The second kappa shape index (κ2) is 6.43. The van der Waals surface area contributed by atoms with E-state index in [9.17, 15) is 9.18 Å². The van der Waals surface area contributed by atoms with Gasteiger partial charge in [0.25, 0.3) is 0 Å². The van der Waals surface area contributed by atoms with Crippen molar-refractivity contribution in [3.63, 3.8) is 0 Å². The molecular formula is C15H17FN2O2. The van der Waals surface area contributed by atoms with Crippen LogP contribution in [0.5, 0.6) is 0 Å². The minimum Gasteiger partial charge on any atom is -0.441 e. The molecule has 106 valence electrons. The normalized spacial score (nSPS) is 12.3. The topological polar surface area (TPSA) is 69.1 Å². The molecule has 20 heavy (non-hydrogen) atoms. The van der Waals surface area contributed by atoms with Crippen LogP contribution in [0, 0.1) is 5.82 Å². The van der Waals surface area contributed by atoms with E-state index in [4.69, 9.17) is 10.2 Å². The number of carbonyl (C=O) groups excluding carboxylic acids is 1. The van der Waals surface area contributed by atoms with Crippen LogP contribution in [0.25, 0.3) is 11.3 Å². The first-order valence-electron chi connectivity index (χ1n) is 6.59. The van der Waals surface area contributed by atoms with Gasteiger partial charge < -0.3 is 10.2 Å². The van der Waals surface area contributed by atoms with Gasteiger partial charge in [0.05, 0.1) is 12.2 Å². The number of rotatable bonds is 6. The number of nitrogens with two attached hydrogens (primary N) is 1. The Kier molecular flexibility index (Phi) is 4.63. The molecule has 0 fully saturated rings. The SMILES string of the molecule is CCCC(=O)[C@@H](N)Cc1ncc(-c2ccc(F)cc2)o1. The van der Waals surface area contributed by atoms with Crippen LogP contribution >= 0.6 is 0 Å². The summed E-state index contributed by atoms with van der Waals surface area (Å²) in [6, 6.07) is 5.35. The summed E-state index contributed by atoms with van der Waals surface area (Å²) in [7, 11) is 0. The van der Waals surface area contributed by atoms with E-state index in [0.717, 1.165) is 12.0 Å². The zero-order valence-corrected chi connectivity index (χ0v) is 11.3. The van der Waals surface area contributed by atoms with Crippen LogP contribution in [0.3, 0.4) is 0 Å². The number of ketones is 1. The molecule has 5 heteroatoms. The van der Waals surface area contributed by atoms with Crippen LogP contribution in [-0.2, 0) is 11.2 Å². The summed E-state index contributed by atoms with van der Waals surface area (Å²) in [5.41, 5.74) is 6.54. The highest BCUT2D eigenvalue weighted by Crippen LogP contribution is 2.21. The second-order valence-electron chi connectivity index (χ2n) is 4.65. The predicted octanol–water partition coefficient (Wildman–Crippen LogP) is 2.72.